The van der Waals surface area contributed by atoms with Crippen molar-refractivity contribution in [2.75, 3.05) is 34.4 Å². The van der Waals surface area contributed by atoms with Crippen molar-refractivity contribution < 1.29 is 18.1 Å². The molecule has 7 heteroatoms. The van der Waals surface area contributed by atoms with Crippen molar-refractivity contribution in [3.8, 4) is 0 Å². The molecule has 1 unspecified atom stereocenters. The summed E-state index contributed by atoms with van der Waals surface area (Å²) in [5.41, 5.74) is 0. The topological polar surface area (TPSA) is 48.0 Å². The highest BCUT2D eigenvalue weighted by Gasteiger charge is 2.29. The Hall–Kier alpha value is -0.216. The van der Waals surface area contributed by atoms with E-state index in [9.17, 15) is 4.79 Å². The summed E-state index contributed by atoms with van der Waals surface area (Å²) in [6, 6.07) is 1.99. The summed E-state index contributed by atoms with van der Waals surface area (Å²) in [7, 11) is 1.63. The van der Waals surface area contributed by atoms with Crippen molar-refractivity contribution in [3.63, 3.8) is 0 Å². The second-order valence-electron chi connectivity index (χ2n) is 7.35. The highest BCUT2D eigenvalue weighted by Crippen LogP contribution is 2.18. The largest absolute Gasteiger partial charge is 0.420 e. The van der Waals surface area contributed by atoms with E-state index in [1.54, 1.807) is 21.3 Å². The zero-order valence-corrected chi connectivity index (χ0v) is 19.1. The summed E-state index contributed by atoms with van der Waals surface area (Å²) in [6.07, 6.45) is 2.83. The maximum absolute atomic E-state index is 12.6. The maximum Gasteiger partial charge on any atom is 0.334 e. The van der Waals surface area contributed by atoms with Gasteiger partial charge >= 0.3 is 8.56 Å². The van der Waals surface area contributed by atoms with Gasteiger partial charge in [0.25, 0.3) is 0 Å². The fourth-order valence-corrected chi connectivity index (χ4v) is 5.08. The molecule has 0 radical (unpaired) electrons. The molecule has 0 aliphatic rings. The molecule has 0 saturated heterocycles. The first-order valence-corrected chi connectivity index (χ1v) is 14.7. The summed E-state index contributed by atoms with van der Waals surface area (Å²) in [4.78, 5) is 14.7. The lowest BCUT2D eigenvalue weighted by Crippen LogP contribution is -2.40. The van der Waals surface area contributed by atoms with Gasteiger partial charge in [0.2, 0.25) is 5.91 Å². The molecule has 0 saturated carbocycles. The van der Waals surface area contributed by atoms with Gasteiger partial charge in [0.05, 0.1) is 0 Å². The Morgan fingerprint density at radius 2 is 1.46 bits per heavy atom. The van der Waals surface area contributed by atoms with Crippen LogP contribution in [0.15, 0.2) is 0 Å². The number of carbonyl (C=O) groups is 1. The van der Waals surface area contributed by atoms with Crippen LogP contribution in [0.25, 0.3) is 0 Å². The molecule has 0 rings (SSSR count). The zero-order valence-electron chi connectivity index (χ0n) is 17.1. The second kappa shape index (κ2) is 11.4. The second-order valence-corrected chi connectivity index (χ2v) is 15.4. The first-order chi connectivity index (χ1) is 11.1. The summed E-state index contributed by atoms with van der Waals surface area (Å²) in [5, 5.41) is 0. The van der Waals surface area contributed by atoms with Crippen molar-refractivity contribution in [1.29, 1.82) is 0 Å². The Morgan fingerprint density at radius 3 is 1.88 bits per heavy atom. The third-order valence-corrected chi connectivity index (χ3v) is 10.7. The van der Waals surface area contributed by atoms with Gasteiger partial charge < -0.3 is 18.2 Å². The minimum atomic E-state index is -2.05. The van der Waals surface area contributed by atoms with E-state index in [1.807, 2.05) is 11.8 Å². The Balaban J connectivity index is 4.62. The minimum Gasteiger partial charge on any atom is -0.420 e. The maximum atomic E-state index is 12.6. The van der Waals surface area contributed by atoms with Crippen LogP contribution in [0.5, 0.6) is 0 Å². The van der Waals surface area contributed by atoms with E-state index in [4.69, 9.17) is 13.3 Å². The van der Waals surface area contributed by atoms with Crippen molar-refractivity contribution in [2.45, 2.75) is 64.8 Å². The molecule has 0 aliphatic carbocycles. The summed E-state index contributed by atoms with van der Waals surface area (Å²) in [5.74, 6) is 0.360. The van der Waals surface area contributed by atoms with Crippen LogP contribution in [-0.4, -0.2) is 62.1 Å². The molecule has 0 bridgehead atoms. The number of amides is 1. The number of nitrogens with zero attached hydrogens (tertiary/aromatic N) is 1. The quantitative estimate of drug-likeness (QED) is 0.457. The normalized spacial score (nSPS) is 13.8. The molecule has 5 nitrogen and oxygen atoms in total. The highest BCUT2D eigenvalue weighted by molar-refractivity contribution is 6.71. The minimum absolute atomic E-state index is 0.0890. The van der Waals surface area contributed by atoms with Crippen molar-refractivity contribution >= 4 is 22.8 Å². The molecule has 1 amide bonds. The van der Waals surface area contributed by atoms with E-state index in [0.717, 1.165) is 44.4 Å². The molecule has 0 aromatic carbocycles. The lowest BCUT2D eigenvalue weighted by atomic mass is 10.1. The van der Waals surface area contributed by atoms with Gasteiger partial charge in [-0.1, -0.05) is 13.8 Å². The predicted molar refractivity (Wildman–Crippen MR) is 105 cm³/mol. The molecule has 0 aliphatic heterocycles. The number of hydrogen-bond donors (Lipinski definition) is 0. The van der Waals surface area contributed by atoms with Crippen LogP contribution in [-0.2, 0) is 18.1 Å². The van der Waals surface area contributed by atoms with E-state index in [2.05, 4.69) is 26.6 Å². The van der Waals surface area contributed by atoms with Crippen LogP contribution in [0.3, 0.4) is 0 Å². The monoisotopic (exact) mass is 377 g/mol. The summed E-state index contributed by atoms with van der Waals surface area (Å²) < 4.78 is 16.7. The fourth-order valence-electron chi connectivity index (χ4n) is 2.49. The third-order valence-electron chi connectivity index (χ3n) is 5.03. The van der Waals surface area contributed by atoms with Gasteiger partial charge in [-0.3, -0.25) is 4.79 Å². The van der Waals surface area contributed by atoms with Crippen LogP contribution in [0, 0.1) is 5.92 Å². The number of carbonyl (C=O) groups excluding carboxylic acids is 1. The van der Waals surface area contributed by atoms with Crippen LogP contribution in [0.4, 0.5) is 0 Å². The summed E-state index contributed by atoms with van der Waals surface area (Å²) in [6.45, 7) is 12.2. The van der Waals surface area contributed by atoms with Crippen LogP contribution >= 0.6 is 0 Å². The lowest BCUT2D eigenvalue weighted by molar-refractivity contribution is -0.135. The number of rotatable bonds is 13. The average Bonchev–Trinajstić information content (AvgIpc) is 2.58. The molecule has 0 aromatic heterocycles. The highest BCUT2D eigenvalue weighted by atomic mass is 28.4. The molecule has 0 aromatic rings. The Morgan fingerprint density at radius 1 is 0.958 bits per heavy atom. The van der Waals surface area contributed by atoms with Gasteiger partial charge in [0.1, 0.15) is 0 Å². The number of hydrogen-bond acceptors (Lipinski definition) is 4. The smallest absolute Gasteiger partial charge is 0.334 e. The van der Waals surface area contributed by atoms with E-state index < -0.39 is 16.9 Å². The van der Waals surface area contributed by atoms with Gasteiger partial charge in [-0.15, -0.1) is 0 Å². The molecule has 0 heterocycles. The SMILES string of the molecule is CCC(C)C(=O)N(CCC[Si](C)(C)OC)CCC[Si](C)(OC)OC. The molecule has 0 N–H and O–H groups in total. The fraction of sp³-hybridized carbons (Fsp3) is 0.941. The lowest BCUT2D eigenvalue weighted by Gasteiger charge is -2.29. The van der Waals surface area contributed by atoms with Crippen molar-refractivity contribution in [2.24, 2.45) is 5.92 Å². The van der Waals surface area contributed by atoms with E-state index >= 15 is 0 Å². The first kappa shape index (κ1) is 23.8. The summed E-state index contributed by atoms with van der Waals surface area (Å²) >= 11 is 0. The Kier molecular flexibility index (Phi) is 11.3. The Labute approximate surface area is 151 Å². The zero-order chi connectivity index (χ0) is 18.8. The molecule has 0 fully saturated rings. The van der Waals surface area contributed by atoms with Gasteiger partial charge in [0.15, 0.2) is 8.32 Å². The van der Waals surface area contributed by atoms with Crippen LogP contribution in [0.1, 0.15) is 33.1 Å². The van der Waals surface area contributed by atoms with Gasteiger partial charge in [-0.2, -0.15) is 0 Å². The molecule has 0 spiro atoms. The van der Waals surface area contributed by atoms with Gasteiger partial charge in [-0.25, -0.2) is 0 Å². The van der Waals surface area contributed by atoms with Gasteiger partial charge in [-0.05, 0) is 51.0 Å². The van der Waals surface area contributed by atoms with Crippen molar-refractivity contribution in [3.05, 3.63) is 0 Å². The van der Waals surface area contributed by atoms with Crippen molar-refractivity contribution in [1.82, 2.24) is 4.90 Å². The third kappa shape index (κ3) is 8.76. The first-order valence-electron chi connectivity index (χ1n) is 9.09. The van der Waals surface area contributed by atoms with E-state index in [-0.39, 0.29) is 11.8 Å². The molecule has 24 heavy (non-hydrogen) atoms. The standard InChI is InChI=1S/C17H39NO4Si2/c1-9-16(2)17(19)18(12-10-14-23(6,7)20-3)13-11-15-24(8,21-4)22-5/h16H,9-15H2,1-8H3. The van der Waals surface area contributed by atoms with Gasteiger partial charge in [0, 0.05) is 40.3 Å². The Bertz CT molecular complexity index is 362. The molecular weight excluding hydrogens is 338 g/mol. The van der Waals surface area contributed by atoms with E-state index in [1.165, 1.54) is 0 Å². The average molecular weight is 378 g/mol. The molecular formula is C17H39NO4Si2. The predicted octanol–water partition coefficient (Wildman–Crippen LogP) is 3.86. The molecule has 1 atom stereocenters. The van der Waals surface area contributed by atoms with Crippen LogP contribution in [0.2, 0.25) is 31.7 Å². The molecule has 144 valence electrons. The van der Waals surface area contributed by atoms with Crippen LogP contribution < -0.4 is 0 Å². The van der Waals surface area contributed by atoms with E-state index in [0.29, 0.717) is 0 Å².